The summed E-state index contributed by atoms with van der Waals surface area (Å²) >= 11 is 0. The van der Waals surface area contributed by atoms with Crippen molar-refractivity contribution in [3.8, 4) is 5.75 Å². The van der Waals surface area contributed by atoms with Gasteiger partial charge in [-0.2, -0.15) is 0 Å². The number of furan rings is 1. The maximum atomic E-state index is 13.9. The molecule has 1 N–H and O–H groups in total. The lowest BCUT2D eigenvalue weighted by atomic mass is 10.0. The molecule has 3 nitrogen and oxygen atoms in total. The molecule has 0 saturated heterocycles. The molecule has 0 bridgehead atoms. The zero-order valence-electron chi connectivity index (χ0n) is 9.74. The zero-order chi connectivity index (χ0) is 12.3. The number of hydrogen-bond donors (Lipinski definition) is 1. The molecule has 2 aromatic rings. The largest absolute Gasteiger partial charge is 0.497 e. The molecule has 0 aliphatic heterocycles. The van der Waals surface area contributed by atoms with Crippen LogP contribution in [-0.4, -0.2) is 14.2 Å². The molecule has 0 spiro atoms. The molecule has 0 fully saturated rings. The maximum absolute atomic E-state index is 13.9. The number of rotatable bonds is 4. The zero-order valence-corrected chi connectivity index (χ0v) is 9.74. The van der Waals surface area contributed by atoms with Crippen LogP contribution in [0.3, 0.4) is 0 Å². The van der Waals surface area contributed by atoms with E-state index in [-0.39, 0.29) is 11.9 Å². The summed E-state index contributed by atoms with van der Waals surface area (Å²) in [7, 11) is 3.27. The van der Waals surface area contributed by atoms with Gasteiger partial charge < -0.3 is 14.5 Å². The first-order chi connectivity index (χ1) is 8.26. The molecular weight excluding hydrogens is 221 g/mol. The lowest BCUT2D eigenvalue weighted by Gasteiger charge is -2.15. The van der Waals surface area contributed by atoms with Gasteiger partial charge in [-0.1, -0.05) is 6.07 Å². The quantitative estimate of drug-likeness (QED) is 0.884. The third-order valence-electron chi connectivity index (χ3n) is 2.63. The lowest BCUT2D eigenvalue weighted by Crippen LogP contribution is -2.18. The monoisotopic (exact) mass is 235 g/mol. The summed E-state index contributed by atoms with van der Waals surface area (Å²) in [5.41, 5.74) is 0.531. The third-order valence-corrected chi connectivity index (χ3v) is 2.63. The van der Waals surface area contributed by atoms with Gasteiger partial charge >= 0.3 is 0 Å². The molecule has 90 valence electrons. The van der Waals surface area contributed by atoms with Gasteiger partial charge in [0.2, 0.25) is 0 Å². The second-order valence-corrected chi connectivity index (χ2v) is 3.62. The van der Waals surface area contributed by atoms with Crippen molar-refractivity contribution < 1.29 is 13.5 Å². The fraction of sp³-hybridized carbons (Fsp3) is 0.231. The van der Waals surface area contributed by atoms with Gasteiger partial charge in [0.1, 0.15) is 17.3 Å². The number of hydrogen-bond acceptors (Lipinski definition) is 3. The topological polar surface area (TPSA) is 34.4 Å². The Balaban J connectivity index is 2.38. The van der Waals surface area contributed by atoms with E-state index >= 15 is 0 Å². The minimum absolute atomic E-state index is 0.295. The molecule has 2 rings (SSSR count). The number of benzene rings is 1. The van der Waals surface area contributed by atoms with E-state index in [1.165, 1.54) is 13.2 Å². The second-order valence-electron chi connectivity index (χ2n) is 3.62. The summed E-state index contributed by atoms with van der Waals surface area (Å²) in [5.74, 6) is 0.859. The van der Waals surface area contributed by atoms with E-state index in [9.17, 15) is 4.39 Å². The molecule has 1 aromatic carbocycles. The molecule has 1 atom stereocenters. The van der Waals surface area contributed by atoms with Crippen molar-refractivity contribution in [3.05, 3.63) is 53.7 Å². The Morgan fingerprint density at radius 1 is 1.35 bits per heavy atom. The van der Waals surface area contributed by atoms with E-state index in [1.807, 2.05) is 6.07 Å². The van der Waals surface area contributed by atoms with Crippen molar-refractivity contribution in [3.63, 3.8) is 0 Å². The average Bonchev–Trinajstić information content (AvgIpc) is 2.85. The van der Waals surface area contributed by atoms with Crippen molar-refractivity contribution in [2.45, 2.75) is 6.04 Å². The van der Waals surface area contributed by atoms with Crippen LogP contribution in [0.4, 0.5) is 4.39 Å². The van der Waals surface area contributed by atoms with Gasteiger partial charge in [0.15, 0.2) is 0 Å². The standard InChI is InChI=1S/C13H14FNO2/c1-15-13(12-4-3-7-17-12)10-6-5-9(16-2)8-11(10)14/h3-8,13,15H,1-2H3. The first kappa shape index (κ1) is 11.7. The molecule has 17 heavy (non-hydrogen) atoms. The van der Waals surface area contributed by atoms with Crippen molar-refractivity contribution in [2.75, 3.05) is 14.2 Å². The van der Waals surface area contributed by atoms with E-state index in [1.54, 1.807) is 31.5 Å². The smallest absolute Gasteiger partial charge is 0.132 e. The Morgan fingerprint density at radius 2 is 2.18 bits per heavy atom. The van der Waals surface area contributed by atoms with Crippen LogP contribution in [0, 0.1) is 5.82 Å². The maximum Gasteiger partial charge on any atom is 0.132 e. The van der Waals surface area contributed by atoms with Gasteiger partial charge in [0.25, 0.3) is 0 Å². The Labute approximate surface area is 99.2 Å². The van der Waals surface area contributed by atoms with E-state index in [0.29, 0.717) is 17.1 Å². The molecule has 1 aromatic heterocycles. The second kappa shape index (κ2) is 5.01. The molecule has 4 heteroatoms. The molecule has 0 amide bonds. The van der Waals surface area contributed by atoms with E-state index in [2.05, 4.69) is 5.32 Å². The van der Waals surface area contributed by atoms with Crippen molar-refractivity contribution in [2.24, 2.45) is 0 Å². The van der Waals surface area contributed by atoms with Gasteiger partial charge in [-0.05, 0) is 25.2 Å². The van der Waals surface area contributed by atoms with Crippen LogP contribution in [0.15, 0.2) is 41.0 Å². The predicted molar refractivity (Wildman–Crippen MR) is 62.6 cm³/mol. The van der Waals surface area contributed by atoms with Crippen LogP contribution in [0.5, 0.6) is 5.75 Å². The number of nitrogens with one attached hydrogen (secondary N) is 1. The summed E-state index contributed by atoms with van der Waals surface area (Å²) in [5, 5.41) is 3.02. The van der Waals surface area contributed by atoms with Gasteiger partial charge in [-0.15, -0.1) is 0 Å². The fourth-order valence-corrected chi connectivity index (χ4v) is 1.78. The molecule has 0 aliphatic rings. The van der Waals surface area contributed by atoms with Gasteiger partial charge in [0, 0.05) is 11.6 Å². The van der Waals surface area contributed by atoms with Gasteiger partial charge in [-0.25, -0.2) is 4.39 Å². The molecule has 1 unspecified atom stereocenters. The van der Waals surface area contributed by atoms with Crippen LogP contribution < -0.4 is 10.1 Å². The number of halogens is 1. The summed E-state index contributed by atoms with van der Waals surface area (Å²) < 4.78 is 24.2. The predicted octanol–water partition coefficient (Wildman–Crippen LogP) is 2.74. The van der Waals surface area contributed by atoms with Crippen molar-refractivity contribution >= 4 is 0 Å². The van der Waals surface area contributed by atoms with Crippen LogP contribution in [0.1, 0.15) is 17.4 Å². The first-order valence-corrected chi connectivity index (χ1v) is 5.30. The normalized spacial score (nSPS) is 12.4. The first-order valence-electron chi connectivity index (χ1n) is 5.30. The Hall–Kier alpha value is -1.81. The van der Waals surface area contributed by atoms with Crippen molar-refractivity contribution in [1.82, 2.24) is 5.32 Å². The van der Waals surface area contributed by atoms with Crippen LogP contribution in [-0.2, 0) is 0 Å². The molecule has 0 aliphatic carbocycles. The van der Waals surface area contributed by atoms with Crippen LogP contribution in [0.25, 0.3) is 0 Å². The van der Waals surface area contributed by atoms with E-state index in [0.717, 1.165) is 0 Å². The summed E-state index contributed by atoms with van der Waals surface area (Å²) in [4.78, 5) is 0. The summed E-state index contributed by atoms with van der Waals surface area (Å²) in [6, 6.07) is 8.08. The number of ether oxygens (including phenoxy) is 1. The Morgan fingerprint density at radius 3 is 2.71 bits per heavy atom. The molecular formula is C13H14FNO2. The minimum Gasteiger partial charge on any atom is -0.497 e. The lowest BCUT2D eigenvalue weighted by molar-refractivity contribution is 0.408. The summed E-state index contributed by atoms with van der Waals surface area (Å²) in [6.45, 7) is 0. The van der Waals surface area contributed by atoms with E-state index < -0.39 is 0 Å². The van der Waals surface area contributed by atoms with Crippen LogP contribution >= 0.6 is 0 Å². The summed E-state index contributed by atoms with van der Waals surface area (Å²) in [6.07, 6.45) is 1.57. The fourth-order valence-electron chi connectivity index (χ4n) is 1.78. The molecule has 0 radical (unpaired) electrons. The molecule has 1 heterocycles. The highest BCUT2D eigenvalue weighted by atomic mass is 19.1. The van der Waals surface area contributed by atoms with E-state index in [4.69, 9.17) is 9.15 Å². The van der Waals surface area contributed by atoms with Gasteiger partial charge in [-0.3, -0.25) is 0 Å². The highest BCUT2D eigenvalue weighted by Crippen LogP contribution is 2.26. The Bertz CT molecular complexity index is 482. The van der Waals surface area contributed by atoms with Crippen molar-refractivity contribution in [1.29, 1.82) is 0 Å². The highest BCUT2D eigenvalue weighted by Gasteiger charge is 2.18. The number of methoxy groups -OCH3 is 1. The molecule has 0 saturated carbocycles. The van der Waals surface area contributed by atoms with Gasteiger partial charge in [0.05, 0.1) is 19.4 Å². The third kappa shape index (κ3) is 2.31. The van der Waals surface area contributed by atoms with Crippen LogP contribution in [0.2, 0.25) is 0 Å². The highest BCUT2D eigenvalue weighted by molar-refractivity contribution is 5.34. The Kier molecular flexibility index (Phi) is 3.44. The minimum atomic E-state index is -0.319. The SMILES string of the molecule is CNC(c1ccco1)c1ccc(OC)cc1F. The average molecular weight is 235 g/mol.